The Labute approximate surface area is 207 Å². The van der Waals surface area contributed by atoms with Crippen molar-refractivity contribution >= 4 is 44.4 Å². The molecule has 4 rings (SSSR count). The molecule has 0 spiro atoms. The quantitative estimate of drug-likeness (QED) is 0.197. The Bertz CT molecular complexity index is 1390. The van der Waals surface area contributed by atoms with Crippen molar-refractivity contribution in [3.63, 3.8) is 0 Å². The molecule has 1 aliphatic heterocycles. The van der Waals surface area contributed by atoms with Crippen LogP contribution in [-0.2, 0) is 37.5 Å². The molecule has 0 saturated carbocycles. The van der Waals surface area contributed by atoms with Crippen molar-refractivity contribution < 1.29 is 27.7 Å². The number of carbonyl (C=O) groups excluding carboxylic acids is 1. The van der Waals surface area contributed by atoms with E-state index in [1.54, 1.807) is 6.20 Å². The number of carbonyl (C=O) groups is 1. The van der Waals surface area contributed by atoms with Crippen LogP contribution in [-0.4, -0.2) is 60.9 Å². The van der Waals surface area contributed by atoms with Gasteiger partial charge in [-0.3, -0.25) is 0 Å². The third-order valence-corrected chi connectivity index (χ3v) is 7.33. The highest BCUT2D eigenvalue weighted by atomic mass is 35.5. The maximum Gasteiger partial charge on any atom is 0.339 e. The number of halogens is 1. The number of anilines is 1. The summed E-state index contributed by atoms with van der Waals surface area (Å²) in [4.78, 5) is 37.6. The fourth-order valence-electron chi connectivity index (χ4n) is 4.31. The van der Waals surface area contributed by atoms with Gasteiger partial charge in [0.15, 0.2) is 9.84 Å². The molecule has 1 atom stereocenters. The molecule has 0 unspecified atom stereocenters. The molecule has 0 radical (unpaired) electrons. The summed E-state index contributed by atoms with van der Waals surface area (Å²) in [6, 6.07) is 2.75. The number of aromatic nitrogens is 4. The van der Waals surface area contributed by atoms with Gasteiger partial charge in [0.05, 0.1) is 41.8 Å². The fourth-order valence-corrected chi connectivity index (χ4v) is 5.36. The zero-order valence-electron chi connectivity index (χ0n) is 20.0. The molecule has 0 saturated heterocycles. The molecular weight excluding hydrogens is 498 g/mol. The van der Waals surface area contributed by atoms with E-state index in [1.165, 1.54) is 26.4 Å². The zero-order chi connectivity index (χ0) is 25.5. The second-order valence-corrected chi connectivity index (χ2v) is 10.9. The van der Waals surface area contributed by atoms with Gasteiger partial charge in [0.1, 0.15) is 17.6 Å². The zero-order valence-corrected chi connectivity index (χ0v) is 21.6. The van der Waals surface area contributed by atoms with Gasteiger partial charge in [0, 0.05) is 31.1 Å². The predicted octanol–water partition coefficient (Wildman–Crippen LogP) is 2.97. The summed E-state index contributed by atoms with van der Waals surface area (Å²) >= 11 is 6.36. The second-order valence-electron chi connectivity index (χ2n) is 8.52. The monoisotopic (exact) mass is 523 g/mol. The number of rotatable bonds is 7. The van der Waals surface area contributed by atoms with Crippen LogP contribution < -0.4 is 4.90 Å². The Balaban J connectivity index is 1.83. The summed E-state index contributed by atoms with van der Waals surface area (Å²) in [7, 11) is -1.07. The van der Waals surface area contributed by atoms with E-state index in [9.17, 15) is 13.2 Å². The van der Waals surface area contributed by atoms with Crippen molar-refractivity contribution in [3.05, 3.63) is 40.4 Å². The molecule has 13 heteroatoms. The van der Waals surface area contributed by atoms with E-state index in [4.69, 9.17) is 26.2 Å². The van der Waals surface area contributed by atoms with Crippen LogP contribution in [0.25, 0.3) is 11.0 Å². The SMILES string of the molecule is COOCc1cnc(N2CCn3c(nc4cc(C(=O)OC)c(S(C)(=O)=O)cc43)[C@H]2C(C)C)nc1Cl. The number of methoxy groups -OCH3 is 1. The Morgan fingerprint density at radius 3 is 2.57 bits per heavy atom. The molecule has 11 nitrogen and oxygen atoms in total. The lowest BCUT2D eigenvalue weighted by Gasteiger charge is -2.38. The first-order valence-electron chi connectivity index (χ1n) is 10.8. The highest BCUT2D eigenvalue weighted by molar-refractivity contribution is 7.90. The maximum atomic E-state index is 12.5. The van der Waals surface area contributed by atoms with Crippen LogP contribution in [0.3, 0.4) is 0 Å². The van der Waals surface area contributed by atoms with E-state index in [2.05, 4.69) is 28.7 Å². The van der Waals surface area contributed by atoms with Crippen LogP contribution in [0.4, 0.5) is 5.95 Å². The van der Waals surface area contributed by atoms with Crippen molar-refractivity contribution in [3.8, 4) is 0 Å². The molecule has 3 heterocycles. The number of ether oxygens (including phenoxy) is 1. The van der Waals surface area contributed by atoms with Crippen molar-refractivity contribution in [2.45, 2.75) is 37.9 Å². The molecule has 3 aromatic rings. The topological polar surface area (TPSA) is 126 Å². The average Bonchev–Trinajstić information content (AvgIpc) is 3.18. The van der Waals surface area contributed by atoms with Gasteiger partial charge in [-0.1, -0.05) is 25.4 Å². The van der Waals surface area contributed by atoms with E-state index in [0.717, 1.165) is 6.26 Å². The number of imidazole rings is 1. The van der Waals surface area contributed by atoms with Gasteiger partial charge in [-0.15, -0.1) is 0 Å². The first-order chi connectivity index (χ1) is 16.6. The summed E-state index contributed by atoms with van der Waals surface area (Å²) in [6.07, 6.45) is 2.66. The molecule has 0 N–H and O–H groups in total. The number of benzene rings is 1. The molecule has 0 bridgehead atoms. The summed E-state index contributed by atoms with van der Waals surface area (Å²) < 4.78 is 31.7. The van der Waals surface area contributed by atoms with Gasteiger partial charge in [0.25, 0.3) is 0 Å². The van der Waals surface area contributed by atoms with E-state index < -0.39 is 15.8 Å². The van der Waals surface area contributed by atoms with Crippen molar-refractivity contribution in [2.75, 3.05) is 31.9 Å². The van der Waals surface area contributed by atoms with Gasteiger partial charge in [-0.05, 0) is 18.1 Å². The molecule has 188 valence electrons. The molecule has 2 aromatic heterocycles. The van der Waals surface area contributed by atoms with Crippen LogP contribution in [0, 0.1) is 5.92 Å². The van der Waals surface area contributed by atoms with Crippen molar-refractivity contribution in [2.24, 2.45) is 5.92 Å². The Morgan fingerprint density at radius 1 is 1.23 bits per heavy atom. The van der Waals surface area contributed by atoms with E-state index >= 15 is 0 Å². The van der Waals surface area contributed by atoms with E-state index in [1.807, 2.05) is 9.47 Å². The summed E-state index contributed by atoms with van der Waals surface area (Å²) in [5.41, 5.74) is 1.68. The lowest BCUT2D eigenvalue weighted by molar-refractivity contribution is -0.282. The van der Waals surface area contributed by atoms with Crippen LogP contribution in [0.2, 0.25) is 5.15 Å². The Kier molecular flexibility index (Phi) is 7.00. The van der Waals surface area contributed by atoms with E-state index in [-0.39, 0.29) is 34.2 Å². The smallest absolute Gasteiger partial charge is 0.339 e. The largest absolute Gasteiger partial charge is 0.465 e. The number of esters is 1. The van der Waals surface area contributed by atoms with Crippen molar-refractivity contribution in [1.82, 2.24) is 19.5 Å². The highest BCUT2D eigenvalue weighted by Crippen LogP contribution is 2.37. The number of hydrogen-bond acceptors (Lipinski definition) is 10. The second kappa shape index (κ2) is 9.69. The number of sulfone groups is 1. The summed E-state index contributed by atoms with van der Waals surface area (Å²) in [5.74, 6) is 0.523. The number of hydrogen-bond donors (Lipinski definition) is 0. The molecule has 1 aliphatic rings. The molecule has 0 fully saturated rings. The minimum atomic E-state index is -3.69. The molecular formula is C22H26ClN5O6S. The molecule has 0 amide bonds. The van der Waals surface area contributed by atoms with E-state index in [0.29, 0.717) is 41.5 Å². The number of nitrogens with zero attached hydrogens (tertiary/aromatic N) is 5. The maximum absolute atomic E-state index is 12.5. The van der Waals surface area contributed by atoms with Crippen LogP contribution in [0.1, 0.15) is 41.6 Å². The van der Waals surface area contributed by atoms with Gasteiger partial charge < -0.3 is 14.2 Å². The third kappa shape index (κ3) is 4.70. The Morgan fingerprint density at radius 2 is 1.97 bits per heavy atom. The standard InChI is InChI=1S/C22H26ClN5O6S/c1-12(2)18-20-25-15-8-14(21(29)32-3)17(35(5,30)31)9-16(15)27(20)6-7-28(18)22-24-10-13(11-34-33-4)19(23)26-22/h8-10,12,18H,6-7,11H2,1-5H3/t18-/m1/s1. The Hall–Kier alpha value is -2.80. The van der Waals surface area contributed by atoms with Crippen LogP contribution in [0.15, 0.2) is 23.2 Å². The molecule has 0 aliphatic carbocycles. The van der Waals surface area contributed by atoms with Crippen molar-refractivity contribution in [1.29, 1.82) is 0 Å². The predicted molar refractivity (Wildman–Crippen MR) is 128 cm³/mol. The normalized spacial score (nSPS) is 16.1. The average molecular weight is 524 g/mol. The molecule has 1 aromatic carbocycles. The summed E-state index contributed by atoms with van der Waals surface area (Å²) in [5, 5.41) is 0.258. The van der Waals surface area contributed by atoms with Gasteiger partial charge in [-0.2, -0.15) is 0 Å². The first-order valence-corrected chi connectivity index (χ1v) is 13.1. The first kappa shape index (κ1) is 25.3. The van der Waals surface area contributed by atoms with Gasteiger partial charge in [0.2, 0.25) is 5.95 Å². The van der Waals surface area contributed by atoms with Gasteiger partial charge in [-0.25, -0.2) is 37.9 Å². The lowest BCUT2D eigenvalue weighted by Crippen LogP contribution is -2.42. The number of fused-ring (bicyclic) bond motifs is 3. The third-order valence-electron chi connectivity index (χ3n) is 5.87. The van der Waals surface area contributed by atoms with Crippen LogP contribution in [0.5, 0.6) is 0 Å². The minimum absolute atomic E-state index is 0.0418. The molecule has 35 heavy (non-hydrogen) atoms. The minimum Gasteiger partial charge on any atom is -0.465 e. The summed E-state index contributed by atoms with van der Waals surface area (Å²) in [6.45, 7) is 5.27. The van der Waals surface area contributed by atoms with Gasteiger partial charge >= 0.3 is 5.97 Å². The van der Waals surface area contributed by atoms with Crippen LogP contribution >= 0.6 is 11.6 Å². The lowest BCUT2D eigenvalue weighted by atomic mass is 10.00. The highest BCUT2D eigenvalue weighted by Gasteiger charge is 2.35. The fraction of sp³-hybridized carbons (Fsp3) is 0.455.